The van der Waals surface area contributed by atoms with Gasteiger partial charge in [-0.3, -0.25) is 4.79 Å². The van der Waals surface area contributed by atoms with E-state index in [0.717, 1.165) is 0 Å². The smallest absolute Gasteiger partial charge is 0.259 e. The molecule has 7 heteroatoms. The van der Waals surface area contributed by atoms with Gasteiger partial charge in [-0.05, 0) is 34.7 Å². The van der Waals surface area contributed by atoms with Crippen LogP contribution in [0.3, 0.4) is 0 Å². The van der Waals surface area contributed by atoms with Crippen molar-refractivity contribution in [1.29, 1.82) is 0 Å². The van der Waals surface area contributed by atoms with Crippen LogP contribution >= 0.6 is 39.3 Å². The van der Waals surface area contributed by atoms with Crippen molar-refractivity contribution in [2.75, 3.05) is 6.26 Å². The van der Waals surface area contributed by atoms with Gasteiger partial charge in [0.25, 0.3) is 5.56 Å². The molecular weight excluding hydrogens is 331 g/mol. The van der Waals surface area contributed by atoms with E-state index in [-0.39, 0.29) is 26.0 Å². The molecule has 0 aliphatic rings. The van der Waals surface area contributed by atoms with E-state index in [1.54, 1.807) is 13.2 Å². The minimum atomic E-state index is -0.614. The first-order valence-corrected chi connectivity index (χ1v) is 6.98. The zero-order valence-corrected chi connectivity index (χ0v) is 12.1. The van der Waals surface area contributed by atoms with Crippen LogP contribution in [0.15, 0.2) is 14.4 Å². The molecule has 0 saturated heterocycles. The average molecular weight is 338 g/mol. The van der Waals surface area contributed by atoms with Crippen LogP contribution in [0.5, 0.6) is 0 Å². The lowest BCUT2D eigenvalue weighted by atomic mass is 10.1. The Balaban J connectivity index is 3.06. The van der Waals surface area contributed by atoms with Crippen LogP contribution in [0, 0.1) is 12.7 Å². The summed E-state index contributed by atoms with van der Waals surface area (Å²) in [6, 6.07) is 0. The number of rotatable bonds is 1. The van der Waals surface area contributed by atoms with Gasteiger partial charge in [0.2, 0.25) is 0 Å². The Bertz CT molecular complexity index is 674. The molecule has 0 spiro atoms. The number of nitrogens with one attached hydrogen (secondary N) is 1. The van der Waals surface area contributed by atoms with Crippen molar-refractivity contribution in [3.05, 3.63) is 31.2 Å². The Kier molecular flexibility index (Phi) is 3.47. The van der Waals surface area contributed by atoms with Crippen LogP contribution in [-0.2, 0) is 0 Å². The molecule has 0 bridgehead atoms. The topological polar surface area (TPSA) is 45.8 Å². The lowest BCUT2D eigenvalue weighted by Gasteiger charge is -2.08. The Labute approximate surface area is 114 Å². The maximum atomic E-state index is 14.0. The standard InChI is InChI=1S/C10H7BrClFN2OS/c1-3-4-8(7(13)5(11)6(3)12)14-10(17-2)15-9(4)16/h1-2H3,(H,14,15,16). The van der Waals surface area contributed by atoms with Gasteiger partial charge in [0.15, 0.2) is 11.0 Å². The Morgan fingerprint density at radius 1 is 1.53 bits per heavy atom. The largest absolute Gasteiger partial charge is 0.301 e. The highest BCUT2D eigenvalue weighted by Gasteiger charge is 2.18. The Hall–Kier alpha value is -0.590. The van der Waals surface area contributed by atoms with E-state index in [9.17, 15) is 9.18 Å². The molecule has 2 aromatic rings. The van der Waals surface area contributed by atoms with E-state index in [1.807, 2.05) is 0 Å². The molecule has 1 aromatic heterocycles. The predicted octanol–water partition coefficient (Wildman–Crippen LogP) is 3.51. The summed E-state index contributed by atoms with van der Waals surface area (Å²) >= 11 is 10.2. The van der Waals surface area contributed by atoms with Gasteiger partial charge in [-0.25, -0.2) is 9.37 Å². The molecule has 0 aliphatic carbocycles. The van der Waals surface area contributed by atoms with Crippen molar-refractivity contribution in [3.63, 3.8) is 0 Å². The summed E-state index contributed by atoms with van der Waals surface area (Å²) in [7, 11) is 0. The first kappa shape index (κ1) is 12.9. The average Bonchev–Trinajstić information content (AvgIpc) is 2.32. The third kappa shape index (κ3) is 1.98. The molecule has 0 unspecified atom stereocenters. The summed E-state index contributed by atoms with van der Waals surface area (Å²) in [5.74, 6) is -0.614. The summed E-state index contributed by atoms with van der Waals surface area (Å²) in [4.78, 5) is 18.5. The van der Waals surface area contributed by atoms with Crippen molar-refractivity contribution in [2.24, 2.45) is 0 Å². The normalized spacial score (nSPS) is 11.1. The van der Waals surface area contributed by atoms with Gasteiger partial charge < -0.3 is 4.98 Å². The summed E-state index contributed by atoms with van der Waals surface area (Å²) < 4.78 is 14.1. The third-order valence-electron chi connectivity index (χ3n) is 2.39. The van der Waals surface area contributed by atoms with Crippen LogP contribution in [0.1, 0.15) is 5.56 Å². The van der Waals surface area contributed by atoms with E-state index < -0.39 is 5.82 Å². The van der Waals surface area contributed by atoms with Crippen LogP contribution in [0.25, 0.3) is 10.9 Å². The fraction of sp³-hybridized carbons (Fsp3) is 0.200. The van der Waals surface area contributed by atoms with Gasteiger partial charge in [-0.2, -0.15) is 0 Å². The minimum absolute atomic E-state index is 0.0341. The molecule has 0 radical (unpaired) electrons. The van der Waals surface area contributed by atoms with Crippen molar-refractivity contribution in [1.82, 2.24) is 9.97 Å². The lowest BCUT2D eigenvalue weighted by molar-refractivity contribution is 0.628. The highest BCUT2D eigenvalue weighted by atomic mass is 79.9. The summed E-state index contributed by atoms with van der Waals surface area (Å²) in [5, 5.41) is 0.753. The minimum Gasteiger partial charge on any atom is -0.301 e. The molecule has 2 rings (SSSR count). The highest BCUT2D eigenvalue weighted by molar-refractivity contribution is 9.10. The molecule has 0 saturated carbocycles. The lowest BCUT2D eigenvalue weighted by Crippen LogP contribution is -2.12. The molecule has 0 fully saturated rings. The van der Waals surface area contributed by atoms with E-state index in [4.69, 9.17) is 11.6 Å². The Morgan fingerprint density at radius 2 is 2.18 bits per heavy atom. The van der Waals surface area contributed by atoms with Crippen molar-refractivity contribution >= 4 is 50.2 Å². The number of benzene rings is 1. The Morgan fingerprint density at radius 3 is 2.76 bits per heavy atom. The number of H-pyrrole nitrogens is 1. The maximum Gasteiger partial charge on any atom is 0.259 e. The molecule has 1 aromatic carbocycles. The second-order valence-corrected chi connectivity index (χ2v) is 5.33. The fourth-order valence-electron chi connectivity index (χ4n) is 1.53. The van der Waals surface area contributed by atoms with Crippen LogP contribution in [-0.4, -0.2) is 16.2 Å². The number of hydrogen-bond donors (Lipinski definition) is 1. The quantitative estimate of drug-likeness (QED) is 0.492. The van der Waals surface area contributed by atoms with E-state index in [2.05, 4.69) is 25.9 Å². The number of aromatic nitrogens is 2. The number of aryl methyl sites for hydroxylation is 1. The fourth-order valence-corrected chi connectivity index (χ4v) is 2.57. The monoisotopic (exact) mass is 336 g/mol. The van der Waals surface area contributed by atoms with Crippen molar-refractivity contribution in [2.45, 2.75) is 12.1 Å². The molecule has 90 valence electrons. The maximum absolute atomic E-state index is 14.0. The third-order valence-corrected chi connectivity index (χ3v) is 4.41. The molecular formula is C10H7BrClFN2OS. The van der Waals surface area contributed by atoms with E-state index in [1.165, 1.54) is 11.8 Å². The zero-order chi connectivity index (χ0) is 12.7. The van der Waals surface area contributed by atoms with Crippen LogP contribution < -0.4 is 5.56 Å². The van der Waals surface area contributed by atoms with Gasteiger partial charge in [0.05, 0.1) is 14.9 Å². The molecule has 3 nitrogen and oxygen atoms in total. The number of aromatic amines is 1. The first-order chi connectivity index (χ1) is 7.97. The SMILES string of the molecule is CSc1nc2c(F)c(Br)c(Cl)c(C)c2c(=O)[nH]1. The second-order valence-electron chi connectivity index (χ2n) is 3.37. The molecule has 0 atom stereocenters. The molecule has 1 heterocycles. The second kappa shape index (κ2) is 4.59. The van der Waals surface area contributed by atoms with E-state index >= 15 is 0 Å². The van der Waals surface area contributed by atoms with Gasteiger partial charge >= 0.3 is 0 Å². The zero-order valence-electron chi connectivity index (χ0n) is 8.90. The molecule has 0 amide bonds. The summed E-state index contributed by atoms with van der Waals surface area (Å²) in [6.07, 6.45) is 1.75. The van der Waals surface area contributed by atoms with Gasteiger partial charge in [0, 0.05) is 0 Å². The molecule has 1 N–H and O–H groups in total. The van der Waals surface area contributed by atoms with Gasteiger partial charge in [0.1, 0.15) is 5.52 Å². The predicted molar refractivity (Wildman–Crippen MR) is 71.5 cm³/mol. The number of hydrogen-bond acceptors (Lipinski definition) is 3. The van der Waals surface area contributed by atoms with Crippen molar-refractivity contribution in [3.8, 4) is 0 Å². The number of thioether (sulfide) groups is 1. The number of nitrogens with zero attached hydrogens (tertiary/aromatic N) is 1. The summed E-state index contributed by atoms with van der Waals surface area (Å²) in [5.41, 5.74) is 0.161. The molecule has 17 heavy (non-hydrogen) atoms. The van der Waals surface area contributed by atoms with Gasteiger partial charge in [-0.1, -0.05) is 23.4 Å². The number of fused-ring (bicyclic) bond motifs is 1. The first-order valence-electron chi connectivity index (χ1n) is 4.58. The van der Waals surface area contributed by atoms with Crippen LogP contribution in [0.2, 0.25) is 5.02 Å². The number of halogens is 3. The highest BCUT2D eigenvalue weighted by Crippen LogP contribution is 2.34. The van der Waals surface area contributed by atoms with Crippen molar-refractivity contribution < 1.29 is 4.39 Å². The molecule has 0 aliphatic heterocycles. The van der Waals surface area contributed by atoms with Crippen LogP contribution in [0.4, 0.5) is 4.39 Å². The van der Waals surface area contributed by atoms with E-state index in [0.29, 0.717) is 10.7 Å². The summed E-state index contributed by atoms with van der Waals surface area (Å²) in [6.45, 7) is 1.66. The van der Waals surface area contributed by atoms with Gasteiger partial charge in [-0.15, -0.1) is 0 Å².